The molecule has 0 radical (unpaired) electrons. The van der Waals surface area contributed by atoms with Crippen molar-refractivity contribution < 1.29 is 14.5 Å². The van der Waals surface area contributed by atoms with Crippen molar-refractivity contribution in [2.24, 2.45) is 29.4 Å². The van der Waals surface area contributed by atoms with E-state index in [1.54, 1.807) is 0 Å². The number of amides is 2. The Morgan fingerprint density at radius 1 is 1.09 bits per heavy atom. The van der Waals surface area contributed by atoms with Crippen LogP contribution in [-0.2, 0) is 9.59 Å². The van der Waals surface area contributed by atoms with Crippen LogP contribution in [0.25, 0.3) is 0 Å². The number of piperidine rings is 1. The molecule has 4 aliphatic carbocycles. The lowest BCUT2D eigenvalue weighted by atomic mass is 9.53. The Bertz CT molecular complexity index is 469. The lowest BCUT2D eigenvalue weighted by Crippen LogP contribution is -3.15. The van der Waals surface area contributed by atoms with Gasteiger partial charge in [0.05, 0.1) is 19.0 Å². The number of carbonyl (C=O) groups is 2. The summed E-state index contributed by atoms with van der Waals surface area (Å²) in [6, 6.07) is 0. The van der Waals surface area contributed by atoms with E-state index in [1.807, 2.05) is 0 Å². The summed E-state index contributed by atoms with van der Waals surface area (Å²) in [6.45, 7) is 2.22. The molecule has 5 rings (SSSR count). The molecule has 4 bridgehead atoms. The van der Waals surface area contributed by atoms with E-state index < -0.39 is 0 Å². The number of quaternary nitrogens is 1. The van der Waals surface area contributed by atoms with E-state index in [0.717, 1.165) is 43.7 Å². The fourth-order valence-corrected chi connectivity index (χ4v) is 6.39. The van der Waals surface area contributed by atoms with Gasteiger partial charge < -0.3 is 16.0 Å². The predicted octanol–water partition coefficient (Wildman–Crippen LogP) is -0.148. The van der Waals surface area contributed by atoms with Gasteiger partial charge in [-0.1, -0.05) is 0 Å². The van der Waals surface area contributed by atoms with Gasteiger partial charge in [-0.15, -0.1) is 0 Å². The second kappa shape index (κ2) is 5.76. The van der Waals surface area contributed by atoms with Crippen LogP contribution in [-0.4, -0.2) is 37.0 Å². The van der Waals surface area contributed by atoms with Gasteiger partial charge in [-0.2, -0.15) is 0 Å². The topological polar surface area (TPSA) is 76.6 Å². The Balaban J connectivity index is 1.34. The Morgan fingerprint density at radius 3 is 2.26 bits per heavy atom. The van der Waals surface area contributed by atoms with Crippen molar-refractivity contribution in [3.63, 3.8) is 0 Å². The van der Waals surface area contributed by atoms with Crippen LogP contribution in [0.5, 0.6) is 0 Å². The minimum Gasteiger partial charge on any atom is -0.369 e. The Hall–Kier alpha value is -1.10. The molecule has 4 N–H and O–H groups in total. The molecule has 5 nitrogen and oxygen atoms in total. The van der Waals surface area contributed by atoms with Gasteiger partial charge in [0.2, 0.25) is 5.91 Å². The van der Waals surface area contributed by atoms with Crippen molar-refractivity contribution in [3.8, 4) is 0 Å². The zero-order chi connectivity index (χ0) is 16.0. The Morgan fingerprint density at radius 2 is 1.70 bits per heavy atom. The first-order valence-corrected chi connectivity index (χ1v) is 9.45. The molecule has 1 aliphatic heterocycles. The molecule has 1 heterocycles. The van der Waals surface area contributed by atoms with Crippen molar-refractivity contribution in [1.29, 1.82) is 0 Å². The number of hydrogen-bond acceptors (Lipinski definition) is 2. The quantitative estimate of drug-likeness (QED) is 0.674. The zero-order valence-electron chi connectivity index (χ0n) is 14.0. The van der Waals surface area contributed by atoms with Crippen molar-refractivity contribution >= 4 is 11.8 Å². The van der Waals surface area contributed by atoms with Crippen molar-refractivity contribution in [3.05, 3.63) is 0 Å². The van der Waals surface area contributed by atoms with Crippen LogP contribution in [0, 0.1) is 23.7 Å². The van der Waals surface area contributed by atoms with E-state index in [9.17, 15) is 9.59 Å². The van der Waals surface area contributed by atoms with E-state index in [0.29, 0.717) is 6.54 Å². The molecular weight excluding hydrogens is 290 g/mol. The number of primary amides is 1. The van der Waals surface area contributed by atoms with E-state index >= 15 is 0 Å². The molecule has 0 aromatic carbocycles. The zero-order valence-corrected chi connectivity index (χ0v) is 14.0. The lowest BCUT2D eigenvalue weighted by molar-refractivity contribution is -0.899. The summed E-state index contributed by atoms with van der Waals surface area (Å²) in [5.74, 6) is 2.48. The first-order valence-electron chi connectivity index (χ1n) is 9.45. The fraction of sp³-hybridized carbons (Fsp3) is 0.889. The molecule has 128 valence electrons. The van der Waals surface area contributed by atoms with Gasteiger partial charge in [-0.05, 0) is 69.1 Å². The number of likely N-dealkylation sites (tertiary alicyclic amines) is 1. The van der Waals surface area contributed by atoms with Crippen LogP contribution in [0.1, 0.15) is 51.4 Å². The number of hydrogen-bond donors (Lipinski definition) is 3. The molecule has 4 saturated carbocycles. The molecule has 5 heteroatoms. The van der Waals surface area contributed by atoms with Gasteiger partial charge in [0.25, 0.3) is 5.91 Å². The van der Waals surface area contributed by atoms with Crippen molar-refractivity contribution in [1.82, 2.24) is 5.32 Å². The predicted molar refractivity (Wildman–Crippen MR) is 86.5 cm³/mol. The van der Waals surface area contributed by atoms with E-state index in [-0.39, 0.29) is 23.3 Å². The summed E-state index contributed by atoms with van der Waals surface area (Å²) >= 11 is 0. The smallest absolute Gasteiger partial charge is 0.275 e. The third-order valence-corrected chi connectivity index (χ3v) is 6.87. The van der Waals surface area contributed by atoms with Crippen LogP contribution >= 0.6 is 0 Å². The average molecular weight is 320 g/mol. The van der Waals surface area contributed by atoms with Crippen LogP contribution in [0.4, 0.5) is 0 Å². The summed E-state index contributed by atoms with van der Waals surface area (Å²) in [7, 11) is 0. The summed E-state index contributed by atoms with van der Waals surface area (Å²) in [4.78, 5) is 25.2. The third kappa shape index (κ3) is 3.12. The molecule has 2 atom stereocenters. The maximum Gasteiger partial charge on any atom is 0.275 e. The Kier molecular flexibility index (Phi) is 3.87. The molecule has 1 saturated heterocycles. The second-order valence-electron chi connectivity index (χ2n) is 8.87. The Labute approximate surface area is 138 Å². The molecule has 5 fully saturated rings. The SMILES string of the molecule is NC(=O)[C@H]1CCC[NH+](CC(=O)NC23CC4CC(CC(C4)C2)C3)C1. The highest BCUT2D eigenvalue weighted by Gasteiger charge is 2.51. The largest absolute Gasteiger partial charge is 0.369 e. The maximum atomic E-state index is 12.6. The number of rotatable bonds is 4. The van der Waals surface area contributed by atoms with Crippen LogP contribution in [0.15, 0.2) is 0 Å². The van der Waals surface area contributed by atoms with E-state index in [1.165, 1.54) is 43.4 Å². The molecular formula is C18H30N3O2+. The normalized spacial score (nSPS) is 45.0. The number of nitrogens with two attached hydrogens (primary N) is 1. The summed E-state index contributed by atoms with van der Waals surface area (Å²) in [5, 5.41) is 3.44. The fourth-order valence-electron chi connectivity index (χ4n) is 6.39. The first kappa shape index (κ1) is 15.4. The first-order chi connectivity index (χ1) is 11.0. The van der Waals surface area contributed by atoms with Gasteiger partial charge in [0.1, 0.15) is 0 Å². The van der Waals surface area contributed by atoms with Gasteiger partial charge in [-0.25, -0.2) is 0 Å². The van der Waals surface area contributed by atoms with Gasteiger partial charge in [0, 0.05) is 5.54 Å². The lowest BCUT2D eigenvalue weighted by Gasteiger charge is -2.56. The highest BCUT2D eigenvalue weighted by molar-refractivity contribution is 5.78. The monoisotopic (exact) mass is 320 g/mol. The van der Waals surface area contributed by atoms with Gasteiger partial charge in [0.15, 0.2) is 6.54 Å². The molecule has 2 amide bonds. The molecule has 0 aromatic rings. The van der Waals surface area contributed by atoms with E-state index in [2.05, 4.69) is 5.32 Å². The molecule has 23 heavy (non-hydrogen) atoms. The van der Waals surface area contributed by atoms with Crippen LogP contribution < -0.4 is 16.0 Å². The molecule has 5 aliphatic rings. The van der Waals surface area contributed by atoms with Crippen LogP contribution in [0.3, 0.4) is 0 Å². The minimum atomic E-state index is -0.205. The number of nitrogens with one attached hydrogen (secondary N) is 2. The molecule has 0 spiro atoms. The summed E-state index contributed by atoms with van der Waals surface area (Å²) in [5.41, 5.74) is 5.54. The van der Waals surface area contributed by atoms with Gasteiger partial charge >= 0.3 is 0 Å². The van der Waals surface area contributed by atoms with Crippen molar-refractivity contribution in [2.75, 3.05) is 19.6 Å². The third-order valence-electron chi connectivity index (χ3n) is 6.87. The van der Waals surface area contributed by atoms with Crippen molar-refractivity contribution in [2.45, 2.75) is 56.9 Å². The average Bonchev–Trinajstić information content (AvgIpc) is 2.45. The highest BCUT2D eigenvalue weighted by atomic mass is 16.2. The van der Waals surface area contributed by atoms with Gasteiger partial charge in [-0.3, -0.25) is 9.59 Å². The number of carbonyl (C=O) groups excluding carboxylic acids is 2. The van der Waals surface area contributed by atoms with E-state index in [4.69, 9.17) is 5.73 Å². The van der Waals surface area contributed by atoms with Crippen LogP contribution in [0.2, 0.25) is 0 Å². The molecule has 1 unspecified atom stereocenters. The highest BCUT2D eigenvalue weighted by Crippen LogP contribution is 2.55. The maximum absolute atomic E-state index is 12.6. The summed E-state index contributed by atoms with van der Waals surface area (Å²) in [6.07, 6.45) is 9.66. The minimum absolute atomic E-state index is 0.0499. The standard InChI is InChI=1S/C18H29N3O2/c19-17(23)15-2-1-3-21(10-15)11-16(22)20-18-7-12-4-13(8-18)6-14(5-12)9-18/h12-15H,1-11H2,(H2,19,23)(H,20,22)/p+1/t12?,13?,14?,15-,18?/m0/s1. The second-order valence-corrected chi connectivity index (χ2v) is 8.87. The summed E-state index contributed by atoms with van der Waals surface area (Å²) < 4.78 is 0. The molecule has 0 aromatic heterocycles.